The first kappa shape index (κ1) is 17.4. The van der Waals surface area contributed by atoms with Crippen LogP contribution in [-0.4, -0.2) is 5.78 Å². The van der Waals surface area contributed by atoms with Gasteiger partial charge in [-0.05, 0) is 75.4 Å². The fourth-order valence-corrected chi connectivity index (χ4v) is 5.42. The average molecular weight is 386 g/mol. The van der Waals surface area contributed by atoms with E-state index in [9.17, 15) is 4.79 Å². The Bertz CT molecular complexity index is 1380. The molecule has 2 aromatic carbocycles. The first-order valence-corrected chi connectivity index (χ1v) is 10.5. The molecular weight excluding hydrogens is 364 g/mol. The summed E-state index contributed by atoms with van der Waals surface area (Å²) in [7, 11) is 0. The zero-order chi connectivity index (χ0) is 20.7. The van der Waals surface area contributed by atoms with Gasteiger partial charge >= 0.3 is 0 Å². The monoisotopic (exact) mass is 386 g/mol. The Labute approximate surface area is 176 Å². The first-order chi connectivity index (χ1) is 14.5. The van der Waals surface area contributed by atoms with E-state index in [-0.39, 0.29) is 5.78 Å². The lowest BCUT2D eigenvalue weighted by Gasteiger charge is -2.14. The van der Waals surface area contributed by atoms with Crippen molar-refractivity contribution in [3.05, 3.63) is 113 Å². The maximum absolute atomic E-state index is 13.6. The molecule has 144 valence electrons. The van der Waals surface area contributed by atoms with Crippen LogP contribution in [-0.2, 0) is 4.79 Å². The topological polar surface area (TPSA) is 17.1 Å². The summed E-state index contributed by atoms with van der Waals surface area (Å²) in [5.41, 5.74) is 9.56. The highest BCUT2D eigenvalue weighted by Crippen LogP contribution is 2.57. The van der Waals surface area contributed by atoms with Crippen molar-refractivity contribution in [3.8, 4) is 0 Å². The van der Waals surface area contributed by atoms with E-state index in [0.717, 1.165) is 60.9 Å². The molecule has 1 saturated carbocycles. The van der Waals surface area contributed by atoms with Crippen LogP contribution in [0.1, 0.15) is 30.0 Å². The van der Waals surface area contributed by atoms with Crippen molar-refractivity contribution in [1.82, 2.24) is 0 Å². The van der Waals surface area contributed by atoms with E-state index in [2.05, 4.69) is 68.3 Å². The standard InChI is InChI=1S/C29H22O/c1-5-21-22-9-7-6-8-18(22)14-23-25(21)16(4)26-24(15(2)3)29(30)27(28(23)26)19-11-10-17-12-20(17)13-19/h5-11,13-14,17,20H,1-2,4,12H2,3H3. The van der Waals surface area contributed by atoms with Crippen LogP contribution >= 0.6 is 0 Å². The number of rotatable bonds is 3. The van der Waals surface area contributed by atoms with E-state index in [4.69, 9.17) is 0 Å². The Morgan fingerprint density at radius 2 is 1.93 bits per heavy atom. The number of allylic oxidation sites excluding steroid dienone is 10. The Balaban J connectivity index is 1.73. The van der Waals surface area contributed by atoms with Crippen LogP contribution in [0, 0.1) is 11.8 Å². The third kappa shape index (κ3) is 2.10. The molecule has 0 amide bonds. The van der Waals surface area contributed by atoms with Gasteiger partial charge in [0.25, 0.3) is 0 Å². The molecule has 30 heavy (non-hydrogen) atoms. The van der Waals surface area contributed by atoms with Crippen molar-refractivity contribution < 1.29 is 4.79 Å². The number of carbonyl (C=O) groups is 1. The highest BCUT2D eigenvalue weighted by molar-refractivity contribution is 6.33. The summed E-state index contributed by atoms with van der Waals surface area (Å²) in [4.78, 5) is 13.6. The van der Waals surface area contributed by atoms with Crippen molar-refractivity contribution in [2.75, 3.05) is 0 Å². The number of benzene rings is 2. The zero-order valence-corrected chi connectivity index (χ0v) is 17.1. The van der Waals surface area contributed by atoms with Gasteiger partial charge in [-0.2, -0.15) is 0 Å². The van der Waals surface area contributed by atoms with Crippen molar-refractivity contribution in [2.45, 2.75) is 13.3 Å². The molecule has 0 N–H and O–H groups in total. The van der Waals surface area contributed by atoms with Crippen LogP contribution in [0.4, 0.5) is 0 Å². The third-order valence-corrected chi connectivity index (χ3v) is 6.89. The van der Waals surface area contributed by atoms with Gasteiger partial charge < -0.3 is 0 Å². The molecule has 6 rings (SSSR count). The second kappa shape index (κ2) is 5.79. The highest BCUT2D eigenvalue weighted by Gasteiger charge is 2.43. The Morgan fingerprint density at radius 3 is 2.67 bits per heavy atom. The number of fused-ring (bicyclic) bond motifs is 5. The van der Waals surface area contributed by atoms with Gasteiger partial charge in [-0.25, -0.2) is 0 Å². The van der Waals surface area contributed by atoms with E-state index in [1.165, 1.54) is 6.42 Å². The van der Waals surface area contributed by atoms with E-state index in [0.29, 0.717) is 17.4 Å². The SMILES string of the molecule is C=Cc1c2c(cc3ccccc13)C1=C(C3=CC4CC4C=C3)C(=O)C(C(=C)C)=C1C2=C. The maximum Gasteiger partial charge on any atom is 0.195 e. The molecule has 0 saturated heterocycles. The van der Waals surface area contributed by atoms with E-state index in [1.807, 2.05) is 13.0 Å². The second-order valence-corrected chi connectivity index (χ2v) is 8.77. The highest BCUT2D eigenvalue weighted by atomic mass is 16.1. The van der Waals surface area contributed by atoms with Crippen molar-refractivity contribution in [3.63, 3.8) is 0 Å². The number of hydrogen-bond donors (Lipinski definition) is 0. The molecule has 0 aromatic heterocycles. The minimum Gasteiger partial charge on any atom is -0.289 e. The number of carbonyl (C=O) groups excluding carboxylic acids is 1. The van der Waals surface area contributed by atoms with Crippen LogP contribution in [0.15, 0.2) is 96.2 Å². The van der Waals surface area contributed by atoms with Gasteiger partial charge in [0.1, 0.15) is 0 Å². The van der Waals surface area contributed by atoms with Gasteiger partial charge in [-0.3, -0.25) is 4.79 Å². The summed E-state index contributed by atoms with van der Waals surface area (Å²) in [6, 6.07) is 10.6. The predicted molar refractivity (Wildman–Crippen MR) is 126 cm³/mol. The smallest absolute Gasteiger partial charge is 0.195 e. The molecular formula is C29H22O. The minimum atomic E-state index is 0.0858. The second-order valence-electron chi connectivity index (χ2n) is 8.77. The predicted octanol–water partition coefficient (Wildman–Crippen LogP) is 6.85. The Morgan fingerprint density at radius 1 is 1.13 bits per heavy atom. The molecule has 2 aromatic rings. The number of Topliss-reactive ketones (excluding diaryl/α,β-unsaturated/α-hetero) is 1. The van der Waals surface area contributed by atoms with Crippen LogP contribution in [0.3, 0.4) is 0 Å². The van der Waals surface area contributed by atoms with Crippen molar-refractivity contribution >= 4 is 33.8 Å². The largest absolute Gasteiger partial charge is 0.289 e. The molecule has 1 fully saturated rings. The molecule has 0 spiro atoms. The van der Waals surface area contributed by atoms with E-state index < -0.39 is 0 Å². The summed E-state index contributed by atoms with van der Waals surface area (Å²) in [5, 5.41) is 2.31. The average Bonchev–Trinajstić information content (AvgIpc) is 3.38. The van der Waals surface area contributed by atoms with Crippen LogP contribution in [0.5, 0.6) is 0 Å². The lowest BCUT2D eigenvalue weighted by Crippen LogP contribution is -2.07. The van der Waals surface area contributed by atoms with Gasteiger partial charge in [0, 0.05) is 22.3 Å². The van der Waals surface area contributed by atoms with Gasteiger partial charge in [0.2, 0.25) is 0 Å². The molecule has 2 atom stereocenters. The third-order valence-electron chi connectivity index (χ3n) is 6.89. The van der Waals surface area contributed by atoms with Crippen molar-refractivity contribution in [2.24, 2.45) is 11.8 Å². The Hall–Kier alpha value is -3.45. The van der Waals surface area contributed by atoms with Crippen LogP contribution in [0.2, 0.25) is 0 Å². The molecule has 1 heteroatoms. The zero-order valence-electron chi connectivity index (χ0n) is 17.1. The quantitative estimate of drug-likeness (QED) is 0.564. The van der Waals surface area contributed by atoms with Gasteiger partial charge in [-0.1, -0.05) is 68.3 Å². The molecule has 0 aliphatic heterocycles. The molecule has 0 heterocycles. The summed E-state index contributed by atoms with van der Waals surface area (Å²) in [6.45, 7) is 14.6. The van der Waals surface area contributed by atoms with Crippen LogP contribution < -0.4 is 0 Å². The fraction of sp³-hybridized carbons (Fsp3) is 0.138. The Kier molecular flexibility index (Phi) is 3.36. The molecule has 2 unspecified atom stereocenters. The summed E-state index contributed by atoms with van der Waals surface area (Å²) < 4.78 is 0. The fourth-order valence-electron chi connectivity index (χ4n) is 5.42. The molecule has 0 bridgehead atoms. The number of hydrogen-bond acceptors (Lipinski definition) is 1. The summed E-state index contributed by atoms with van der Waals surface area (Å²) >= 11 is 0. The minimum absolute atomic E-state index is 0.0858. The molecule has 0 radical (unpaired) electrons. The van der Waals surface area contributed by atoms with Crippen LogP contribution in [0.25, 0.3) is 28.0 Å². The summed E-state index contributed by atoms with van der Waals surface area (Å²) in [5.74, 6) is 1.32. The van der Waals surface area contributed by atoms with Gasteiger partial charge in [0.05, 0.1) is 0 Å². The van der Waals surface area contributed by atoms with Gasteiger partial charge in [0.15, 0.2) is 5.78 Å². The van der Waals surface area contributed by atoms with E-state index >= 15 is 0 Å². The lowest BCUT2D eigenvalue weighted by atomic mass is 9.88. The molecule has 1 nitrogen and oxygen atoms in total. The first-order valence-electron chi connectivity index (χ1n) is 10.5. The molecule has 4 aliphatic rings. The van der Waals surface area contributed by atoms with E-state index in [1.54, 1.807) is 0 Å². The summed E-state index contributed by atoms with van der Waals surface area (Å²) in [6.07, 6.45) is 9.81. The van der Waals surface area contributed by atoms with Gasteiger partial charge in [-0.15, -0.1) is 0 Å². The lowest BCUT2D eigenvalue weighted by molar-refractivity contribution is -0.111. The van der Waals surface area contributed by atoms with Crippen molar-refractivity contribution in [1.29, 1.82) is 0 Å². The molecule has 4 aliphatic carbocycles. The maximum atomic E-state index is 13.6. The number of ketones is 1. The normalized spacial score (nSPS) is 23.6.